The van der Waals surface area contributed by atoms with Gasteiger partial charge in [0.1, 0.15) is 5.78 Å². The third-order valence-corrected chi connectivity index (χ3v) is 5.90. The van der Waals surface area contributed by atoms with Crippen LogP contribution in [0.15, 0.2) is 79.1 Å². The number of Topliss-reactive ketones (excluding diaryl/α,β-unsaturated/α-hetero) is 1. The lowest BCUT2D eigenvalue weighted by atomic mass is 9.86. The summed E-state index contributed by atoms with van der Waals surface area (Å²) in [6.45, 7) is 0. The van der Waals surface area contributed by atoms with Crippen molar-refractivity contribution in [2.45, 2.75) is 19.3 Å². The van der Waals surface area contributed by atoms with E-state index in [-0.39, 0.29) is 5.56 Å². The Hall–Kier alpha value is -4.12. The lowest BCUT2D eigenvalue weighted by Crippen LogP contribution is -2.13. The van der Waals surface area contributed by atoms with Gasteiger partial charge in [0.2, 0.25) is 0 Å². The SMILES string of the molecule is O=C(O)c1ccc2nccnc2c1.O=C1CCc2ccc3c(ccc4ccccc43)c2C1. The molecule has 5 nitrogen and oxygen atoms in total. The first-order valence-corrected chi connectivity index (χ1v) is 10.5. The minimum absolute atomic E-state index is 0.230. The quantitative estimate of drug-likeness (QED) is 0.368. The molecule has 1 aliphatic rings. The summed E-state index contributed by atoms with van der Waals surface area (Å²) in [5, 5.41) is 13.8. The second kappa shape index (κ2) is 8.19. The predicted octanol–water partition coefficient (Wildman–Crippen LogP) is 5.38. The van der Waals surface area contributed by atoms with Gasteiger partial charge < -0.3 is 5.11 Å². The normalized spacial score (nSPS) is 12.9. The third-order valence-electron chi connectivity index (χ3n) is 5.90. The first-order valence-electron chi connectivity index (χ1n) is 10.5. The van der Waals surface area contributed by atoms with Crippen LogP contribution >= 0.6 is 0 Å². The van der Waals surface area contributed by atoms with E-state index in [9.17, 15) is 9.59 Å². The van der Waals surface area contributed by atoms with Gasteiger partial charge in [-0.05, 0) is 57.3 Å². The smallest absolute Gasteiger partial charge is 0.335 e. The van der Waals surface area contributed by atoms with Crippen LogP contribution in [0.4, 0.5) is 0 Å². The molecule has 1 N–H and O–H groups in total. The zero-order chi connectivity index (χ0) is 22.1. The summed E-state index contributed by atoms with van der Waals surface area (Å²) in [4.78, 5) is 30.4. The fourth-order valence-electron chi connectivity index (χ4n) is 4.29. The molecule has 156 valence electrons. The van der Waals surface area contributed by atoms with Gasteiger partial charge in [-0.2, -0.15) is 0 Å². The summed E-state index contributed by atoms with van der Waals surface area (Å²) in [6, 6.07) is 21.9. The standard InChI is InChI=1S/C18H14O.C9H6N2O2/c19-14-8-5-13-7-9-16-15-4-2-1-3-12(15)6-10-17(16)18(13)11-14;12-9(13)6-1-2-7-8(5-6)11-4-3-10-7/h1-4,6-7,9-10H,5,8,11H2;1-5H,(H,12,13). The third kappa shape index (κ3) is 3.69. The average Bonchev–Trinajstić information content (AvgIpc) is 2.83. The van der Waals surface area contributed by atoms with Crippen LogP contribution in [-0.2, 0) is 17.6 Å². The highest BCUT2D eigenvalue weighted by atomic mass is 16.4. The fourth-order valence-corrected chi connectivity index (χ4v) is 4.29. The summed E-state index contributed by atoms with van der Waals surface area (Å²) in [5.74, 6) is -0.583. The second-order valence-corrected chi connectivity index (χ2v) is 7.87. The molecule has 0 saturated carbocycles. The number of aromatic nitrogens is 2. The summed E-state index contributed by atoms with van der Waals surface area (Å²) >= 11 is 0. The zero-order valence-corrected chi connectivity index (χ0v) is 17.3. The Balaban J connectivity index is 0.000000146. The molecule has 0 atom stereocenters. The number of hydrogen-bond acceptors (Lipinski definition) is 4. The highest BCUT2D eigenvalue weighted by Gasteiger charge is 2.18. The maximum atomic E-state index is 11.7. The number of carboxylic acids is 1. The van der Waals surface area contributed by atoms with Crippen molar-refractivity contribution in [3.63, 3.8) is 0 Å². The minimum atomic E-state index is -0.951. The lowest BCUT2D eigenvalue weighted by Gasteiger charge is -2.18. The van der Waals surface area contributed by atoms with Crippen LogP contribution in [0.3, 0.4) is 0 Å². The van der Waals surface area contributed by atoms with Gasteiger partial charge in [-0.15, -0.1) is 0 Å². The topological polar surface area (TPSA) is 80.2 Å². The van der Waals surface area contributed by atoms with E-state index in [1.165, 1.54) is 51.0 Å². The Kier molecular flexibility index (Phi) is 5.07. The number of rotatable bonds is 1. The number of ketones is 1. The molecule has 0 spiro atoms. The van der Waals surface area contributed by atoms with E-state index < -0.39 is 5.97 Å². The molecule has 0 unspecified atom stereocenters. The summed E-state index contributed by atoms with van der Waals surface area (Å²) in [7, 11) is 0. The number of carboxylic acid groups (broad SMARTS) is 1. The number of benzene rings is 4. The van der Waals surface area contributed by atoms with Gasteiger partial charge in [0, 0.05) is 25.2 Å². The predicted molar refractivity (Wildman–Crippen MR) is 125 cm³/mol. The van der Waals surface area contributed by atoms with E-state index in [0.29, 0.717) is 29.7 Å². The van der Waals surface area contributed by atoms with E-state index in [1.54, 1.807) is 12.3 Å². The van der Waals surface area contributed by atoms with Crippen molar-refractivity contribution in [1.82, 2.24) is 9.97 Å². The first-order chi connectivity index (χ1) is 15.6. The van der Waals surface area contributed by atoms with Gasteiger partial charge >= 0.3 is 5.97 Å². The molecule has 6 rings (SSSR count). The minimum Gasteiger partial charge on any atom is -0.478 e. The molecule has 0 radical (unpaired) electrons. The number of aryl methyl sites for hydroxylation is 1. The molecule has 0 amide bonds. The molecule has 0 bridgehead atoms. The van der Waals surface area contributed by atoms with Gasteiger partial charge in [-0.1, -0.05) is 48.5 Å². The number of carbonyl (C=O) groups is 2. The molecule has 5 aromatic rings. The van der Waals surface area contributed by atoms with Crippen molar-refractivity contribution < 1.29 is 14.7 Å². The molecule has 1 aliphatic carbocycles. The highest BCUT2D eigenvalue weighted by Crippen LogP contribution is 2.32. The summed E-state index contributed by atoms with van der Waals surface area (Å²) < 4.78 is 0. The van der Waals surface area contributed by atoms with Crippen molar-refractivity contribution in [3.8, 4) is 0 Å². The van der Waals surface area contributed by atoms with Gasteiger partial charge in [-0.3, -0.25) is 14.8 Å². The fraction of sp³-hybridized carbons (Fsp3) is 0.111. The summed E-state index contributed by atoms with van der Waals surface area (Å²) in [5.41, 5.74) is 4.13. The molecule has 0 saturated heterocycles. The van der Waals surface area contributed by atoms with Crippen molar-refractivity contribution in [3.05, 3.63) is 95.8 Å². The van der Waals surface area contributed by atoms with Crippen LogP contribution in [0.2, 0.25) is 0 Å². The van der Waals surface area contributed by atoms with Crippen LogP contribution in [0.1, 0.15) is 27.9 Å². The van der Waals surface area contributed by atoms with Gasteiger partial charge in [-0.25, -0.2) is 4.79 Å². The number of carbonyl (C=O) groups excluding carboxylic acids is 1. The lowest BCUT2D eigenvalue weighted by molar-refractivity contribution is -0.118. The molecule has 5 heteroatoms. The largest absolute Gasteiger partial charge is 0.478 e. The van der Waals surface area contributed by atoms with Crippen LogP contribution < -0.4 is 0 Å². The van der Waals surface area contributed by atoms with E-state index in [4.69, 9.17) is 5.11 Å². The van der Waals surface area contributed by atoms with Gasteiger partial charge in [0.25, 0.3) is 0 Å². The van der Waals surface area contributed by atoms with E-state index in [0.717, 1.165) is 6.42 Å². The molecule has 32 heavy (non-hydrogen) atoms. The first kappa shape index (κ1) is 19.8. The van der Waals surface area contributed by atoms with Crippen molar-refractivity contribution in [1.29, 1.82) is 0 Å². The Morgan fingerprint density at radius 2 is 1.56 bits per heavy atom. The van der Waals surface area contributed by atoms with Crippen LogP contribution in [0, 0.1) is 0 Å². The number of nitrogens with zero attached hydrogens (tertiary/aromatic N) is 2. The van der Waals surface area contributed by atoms with Gasteiger partial charge in [0.05, 0.1) is 16.6 Å². The Bertz CT molecular complexity index is 1510. The van der Waals surface area contributed by atoms with Crippen LogP contribution in [0.25, 0.3) is 32.6 Å². The van der Waals surface area contributed by atoms with E-state index in [1.807, 2.05) is 0 Å². The number of fused-ring (bicyclic) bond motifs is 6. The number of aromatic carboxylic acids is 1. The molecule has 1 heterocycles. The zero-order valence-electron chi connectivity index (χ0n) is 17.3. The van der Waals surface area contributed by atoms with Crippen molar-refractivity contribution in [2.75, 3.05) is 0 Å². The van der Waals surface area contributed by atoms with Crippen LogP contribution in [0.5, 0.6) is 0 Å². The monoisotopic (exact) mass is 420 g/mol. The Labute approximate surface area is 184 Å². The average molecular weight is 420 g/mol. The van der Waals surface area contributed by atoms with Crippen molar-refractivity contribution >= 4 is 44.3 Å². The Morgan fingerprint density at radius 3 is 2.41 bits per heavy atom. The summed E-state index contributed by atoms with van der Waals surface area (Å²) in [6.07, 6.45) is 5.31. The van der Waals surface area contributed by atoms with Gasteiger partial charge in [0.15, 0.2) is 0 Å². The molecule has 0 aliphatic heterocycles. The van der Waals surface area contributed by atoms with E-state index in [2.05, 4.69) is 58.5 Å². The van der Waals surface area contributed by atoms with E-state index >= 15 is 0 Å². The molecule has 1 aromatic heterocycles. The second-order valence-electron chi connectivity index (χ2n) is 7.87. The molecular formula is C27H20N2O3. The highest BCUT2D eigenvalue weighted by molar-refractivity contribution is 6.09. The number of hydrogen-bond donors (Lipinski definition) is 1. The maximum Gasteiger partial charge on any atom is 0.335 e. The maximum absolute atomic E-state index is 11.7. The molecule has 4 aromatic carbocycles. The van der Waals surface area contributed by atoms with Crippen LogP contribution in [-0.4, -0.2) is 26.8 Å². The molecular weight excluding hydrogens is 400 g/mol. The van der Waals surface area contributed by atoms with Crippen molar-refractivity contribution in [2.24, 2.45) is 0 Å². The Morgan fingerprint density at radius 1 is 0.781 bits per heavy atom. The molecule has 0 fully saturated rings.